The summed E-state index contributed by atoms with van der Waals surface area (Å²) < 4.78 is 13.9. The highest BCUT2D eigenvalue weighted by atomic mass is 79.9. The maximum atomic E-state index is 13.0. The number of nitrogens with zero attached hydrogens (tertiary/aromatic N) is 3. The van der Waals surface area contributed by atoms with Gasteiger partial charge in [0, 0.05) is 15.9 Å². The largest absolute Gasteiger partial charge is 0.207 e. The SMILES string of the molecule is [N-]=[N+]=NCCc1cc(Br)ccc1F. The standard InChI is InChI=1S/C8H7BrFN3/c9-7-1-2-8(10)6(5-7)3-4-12-13-11/h1-2,5H,3-4H2. The summed E-state index contributed by atoms with van der Waals surface area (Å²) in [7, 11) is 0. The van der Waals surface area contributed by atoms with Gasteiger partial charge in [-0.3, -0.25) is 0 Å². The lowest BCUT2D eigenvalue weighted by Gasteiger charge is -2.00. The molecule has 0 saturated carbocycles. The summed E-state index contributed by atoms with van der Waals surface area (Å²) in [6, 6.07) is 4.70. The van der Waals surface area contributed by atoms with Gasteiger partial charge in [-0.15, -0.1) is 0 Å². The Bertz CT molecular complexity index is 347. The van der Waals surface area contributed by atoms with E-state index in [1.807, 2.05) is 0 Å². The van der Waals surface area contributed by atoms with Crippen LogP contribution in [0, 0.1) is 5.82 Å². The second-order valence-corrected chi connectivity index (χ2v) is 3.36. The molecule has 0 amide bonds. The molecule has 0 saturated heterocycles. The average Bonchev–Trinajstić information content (AvgIpc) is 2.11. The minimum absolute atomic E-state index is 0.267. The topological polar surface area (TPSA) is 48.8 Å². The molecule has 0 radical (unpaired) electrons. The van der Waals surface area contributed by atoms with Crippen molar-refractivity contribution in [2.24, 2.45) is 5.11 Å². The zero-order chi connectivity index (χ0) is 9.68. The van der Waals surface area contributed by atoms with Crippen molar-refractivity contribution in [2.45, 2.75) is 6.42 Å². The quantitative estimate of drug-likeness (QED) is 0.444. The summed E-state index contributed by atoms with van der Waals surface area (Å²) in [6.45, 7) is 0.282. The van der Waals surface area contributed by atoms with Crippen LogP contribution in [-0.4, -0.2) is 6.54 Å². The number of rotatable bonds is 3. The monoisotopic (exact) mass is 243 g/mol. The van der Waals surface area contributed by atoms with Gasteiger partial charge in [-0.2, -0.15) is 0 Å². The van der Waals surface area contributed by atoms with E-state index in [1.54, 1.807) is 12.1 Å². The minimum Gasteiger partial charge on any atom is -0.207 e. The number of hydrogen-bond acceptors (Lipinski definition) is 1. The fourth-order valence-electron chi connectivity index (χ4n) is 0.950. The van der Waals surface area contributed by atoms with Crippen molar-refractivity contribution in [3.63, 3.8) is 0 Å². The van der Waals surface area contributed by atoms with E-state index in [4.69, 9.17) is 5.53 Å². The maximum absolute atomic E-state index is 13.0. The fourth-order valence-corrected chi connectivity index (χ4v) is 1.36. The van der Waals surface area contributed by atoms with Gasteiger partial charge in [-0.25, -0.2) is 4.39 Å². The van der Waals surface area contributed by atoms with Gasteiger partial charge in [0.2, 0.25) is 0 Å². The van der Waals surface area contributed by atoms with Gasteiger partial charge in [0.1, 0.15) is 5.82 Å². The Hall–Kier alpha value is -1.06. The van der Waals surface area contributed by atoms with Crippen LogP contribution in [0.15, 0.2) is 27.8 Å². The van der Waals surface area contributed by atoms with E-state index in [-0.39, 0.29) is 12.4 Å². The molecule has 1 rings (SSSR count). The first-order chi connectivity index (χ1) is 6.24. The van der Waals surface area contributed by atoms with Crippen molar-refractivity contribution in [1.29, 1.82) is 0 Å². The highest BCUT2D eigenvalue weighted by molar-refractivity contribution is 9.10. The molecule has 0 bridgehead atoms. The van der Waals surface area contributed by atoms with Crippen LogP contribution in [0.3, 0.4) is 0 Å². The van der Waals surface area contributed by atoms with Crippen LogP contribution in [0.5, 0.6) is 0 Å². The van der Waals surface area contributed by atoms with Crippen molar-refractivity contribution in [3.05, 3.63) is 44.5 Å². The van der Waals surface area contributed by atoms with Crippen molar-refractivity contribution in [3.8, 4) is 0 Å². The Morgan fingerprint density at radius 3 is 3.00 bits per heavy atom. The Balaban J connectivity index is 2.75. The van der Waals surface area contributed by atoms with Crippen molar-refractivity contribution in [1.82, 2.24) is 0 Å². The highest BCUT2D eigenvalue weighted by Gasteiger charge is 2.01. The lowest BCUT2D eigenvalue weighted by atomic mass is 10.1. The number of azide groups is 1. The third-order valence-corrected chi connectivity index (χ3v) is 2.05. The van der Waals surface area contributed by atoms with Gasteiger partial charge < -0.3 is 0 Å². The van der Waals surface area contributed by atoms with Crippen LogP contribution in [0.25, 0.3) is 10.4 Å². The zero-order valence-electron chi connectivity index (χ0n) is 6.74. The van der Waals surface area contributed by atoms with E-state index in [0.717, 1.165) is 4.47 Å². The van der Waals surface area contributed by atoms with E-state index < -0.39 is 0 Å². The lowest BCUT2D eigenvalue weighted by molar-refractivity contribution is 0.609. The normalized spacial score (nSPS) is 9.38. The van der Waals surface area contributed by atoms with Gasteiger partial charge in [0.15, 0.2) is 0 Å². The molecule has 0 aliphatic rings. The molecule has 0 fully saturated rings. The molecule has 0 aromatic heterocycles. The summed E-state index contributed by atoms with van der Waals surface area (Å²) in [4.78, 5) is 2.59. The molecule has 0 aliphatic heterocycles. The van der Waals surface area contributed by atoms with Crippen molar-refractivity contribution in [2.75, 3.05) is 6.54 Å². The first-order valence-corrected chi connectivity index (χ1v) is 4.48. The molecule has 0 aliphatic carbocycles. The molecule has 0 unspecified atom stereocenters. The van der Waals surface area contributed by atoms with Crippen LogP contribution >= 0.6 is 15.9 Å². The second kappa shape index (κ2) is 4.84. The average molecular weight is 244 g/mol. The van der Waals surface area contributed by atoms with Gasteiger partial charge in [0.25, 0.3) is 0 Å². The van der Waals surface area contributed by atoms with Gasteiger partial charge in [-0.1, -0.05) is 21.0 Å². The molecular formula is C8H7BrFN3. The summed E-state index contributed by atoms with van der Waals surface area (Å²) in [5, 5.41) is 3.34. The lowest BCUT2D eigenvalue weighted by Crippen LogP contribution is -1.92. The summed E-state index contributed by atoms with van der Waals surface area (Å²) in [5.74, 6) is -0.267. The minimum atomic E-state index is -0.267. The Morgan fingerprint density at radius 1 is 1.54 bits per heavy atom. The van der Waals surface area contributed by atoms with Gasteiger partial charge >= 0.3 is 0 Å². The Morgan fingerprint density at radius 2 is 2.31 bits per heavy atom. The van der Waals surface area contributed by atoms with E-state index in [0.29, 0.717) is 12.0 Å². The first-order valence-electron chi connectivity index (χ1n) is 3.69. The summed E-state index contributed by atoms with van der Waals surface area (Å²) in [6.07, 6.45) is 0.426. The van der Waals surface area contributed by atoms with Crippen molar-refractivity contribution >= 4 is 15.9 Å². The molecule has 68 valence electrons. The highest BCUT2D eigenvalue weighted by Crippen LogP contribution is 2.15. The predicted molar refractivity (Wildman–Crippen MR) is 51.8 cm³/mol. The van der Waals surface area contributed by atoms with Crippen LogP contribution in [-0.2, 0) is 6.42 Å². The van der Waals surface area contributed by atoms with E-state index >= 15 is 0 Å². The second-order valence-electron chi connectivity index (χ2n) is 2.44. The molecule has 3 nitrogen and oxygen atoms in total. The molecule has 0 spiro atoms. The molecule has 13 heavy (non-hydrogen) atoms. The summed E-state index contributed by atoms with van der Waals surface area (Å²) in [5.41, 5.74) is 8.58. The van der Waals surface area contributed by atoms with E-state index in [2.05, 4.69) is 26.0 Å². The molecule has 0 atom stereocenters. The number of benzene rings is 1. The van der Waals surface area contributed by atoms with Gasteiger partial charge in [0.05, 0.1) is 0 Å². The smallest absolute Gasteiger partial charge is 0.126 e. The maximum Gasteiger partial charge on any atom is 0.126 e. The summed E-state index contributed by atoms with van der Waals surface area (Å²) >= 11 is 3.24. The fraction of sp³-hybridized carbons (Fsp3) is 0.250. The zero-order valence-corrected chi connectivity index (χ0v) is 8.33. The van der Waals surface area contributed by atoms with Gasteiger partial charge in [-0.05, 0) is 35.7 Å². The van der Waals surface area contributed by atoms with Crippen LogP contribution in [0.1, 0.15) is 5.56 Å². The van der Waals surface area contributed by atoms with Crippen molar-refractivity contribution < 1.29 is 4.39 Å². The third-order valence-electron chi connectivity index (χ3n) is 1.55. The van der Waals surface area contributed by atoms with Crippen LogP contribution in [0.4, 0.5) is 4.39 Å². The number of halogens is 2. The molecule has 5 heteroatoms. The molecule has 1 aromatic rings. The van der Waals surface area contributed by atoms with E-state index in [1.165, 1.54) is 6.07 Å². The molecule has 1 aromatic carbocycles. The Labute approximate surface area is 83.3 Å². The molecular weight excluding hydrogens is 237 g/mol. The van der Waals surface area contributed by atoms with E-state index in [9.17, 15) is 4.39 Å². The molecule has 0 heterocycles. The third kappa shape index (κ3) is 3.05. The number of hydrogen-bond donors (Lipinski definition) is 0. The predicted octanol–water partition coefficient (Wildman–Crippen LogP) is 3.44. The van der Waals surface area contributed by atoms with Crippen LogP contribution in [0.2, 0.25) is 0 Å². The Kier molecular flexibility index (Phi) is 3.73. The van der Waals surface area contributed by atoms with Crippen LogP contribution < -0.4 is 0 Å². The first kappa shape index (κ1) is 10.0. The molecule has 0 N–H and O–H groups in total.